The number of benzene rings is 2. The van der Waals surface area contributed by atoms with Crippen molar-refractivity contribution < 1.29 is 9.47 Å². The second-order valence-electron chi connectivity index (χ2n) is 5.80. The summed E-state index contributed by atoms with van der Waals surface area (Å²) in [6.07, 6.45) is 4.72. The Hall–Kier alpha value is -3.68. The fourth-order valence-electron chi connectivity index (χ4n) is 2.91. The zero-order valence-electron chi connectivity index (χ0n) is 13.7. The Morgan fingerprint density at radius 2 is 1.96 bits per heavy atom. The van der Waals surface area contributed by atoms with Crippen LogP contribution >= 0.6 is 0 Å². The minimum absolute atomic E-state index is 0.272. The van der Waals surface area contributed by atoms with E-state index >= 15 is 0 Å². The minimum atomic E-state index is 0.272. The zero-order chi connectivity index (χ0) is 17.3. The smallest absolute Gasteiger partial charge is 0.231 e. The molecule has 0 spiro atoms. The second kappa shape index (κ2) is 5.99. The van der Waals surface area contributed by atoms with Gasteiger partial charge in [0.1, 0.15) is 24.8 Å². The molecule has 2 aromatic heterocycles. The molecule has 0 atom stereocenters. The molecule has 2 aromatic carbocycles. The Labute approximate surface area is 148 Å². The lowest BCUT2D eigenvalue weighted by Crippen LogP contribution is -2.03. The molecular weight excluding hydrogens is 332 g/mol. The first kappa shape index (κ1) is 14.6. The average Bonchev–Trinajstić information content (AvgIpc) is 3.37. The maximum Gasteiger partial charge on any atom is 0.231 e. The summed E-state index contributed by atoms with van der Waals surface area (Å²) in [5.41, 5.74) is 2.83. The summed E-state index contributed by atoms with van der Waals surface area (Å²) < 4.78 is 12.5. The van der Waals surface area contributed by atoms with E-state index in [2.05, 4.69) is 25.4 Å². The number of aromatic nitrogens is 5. The third-order valence-corrected chi connectivity index (χ3v) is 4.20. The molecule has 4 aromatic rings. The van der Waals surface area contributed by atoms with Crippen molar-refractivity contribution in [1.82, 2.24) is 24.7 Å². The number of ether oxygens (including phenoxy) is 2. The van der Waals surface area contributed by atoms with Gasteiger partial charge in [-0.15, -0.1) is 0 Å². The van der Waals surface area contributed by atoms with Gasteiger partial charge in [0.25, 0.3) is 0 Å². The normalized spacial score (nSPS) is 12.5. The summed E-state index contributed by atoms with van der Waals surface area (Å²) in [4.78, 5) is 12.7. The van der Waals surface area contributed by atoms with Crippen molar-refractivity contribution in [3.8, 4) is 17.2 Å². The van der Waals surface area contributed by atoms with Gasteiger partial charge >= 0.3 is 0 Å². The third kappa shape index (κ3) is 2.57. The van der Waals surface area contributed by atoms with Gasteiger partial charge in [-0.05, 0) is 35.9 Å². The van der Waals surface area contributed by atoms with Crippen LogP contribution in [0.1, 0.15) is 5.56 Å². The maximum absolute atomic E-state index is 5.43. The van der Waals surface area contributed by atoms with Gasteiger partial charge in [0.2, 0.25) is 6.79 Å². The van der Waals surface area contributed by atoms with Gasteiger partial charge in [-0.1, -0.05) is 6.07 Å². The first-order valence-corrected chi connectivity index (χ1v) is 8.09. The molecule has 0 radical (unpaired) electrons. The van der Waals surface area contributed by atoms with E-state index in [9.17, 15) is 0 Å². The molecule has 8 nitrogen and oxygen atoms in total. The van der Waals surface area contributed by atoms with Crippen molar-refractivity contribution in [3.05, 3.63) is 60.9 Å². The van der Waals surface area contributed by atoms with E-state index in [1.807, 2.05) is 36.4 Å². The molecule has 5 rings (SSSR count). The van der Waals surface area contributed by atoms with Gasteiger partial charge in [-0.25, -0.2) is 19.6 Å². The van der Waals surface area contributed by atoms with E-state index in [4.69, 9.17) is 9.47 Å². The summed E-state index contributed by atoms with van der Waals surface area (Å²) in [5.74, 6) is 2.30. The lowest BCUT2D eigenvalue weighted by atomic mass is 10.2. The molecule has 1 aliphatic heterocycles. The molecular formula is C18H14N6O2. The Morgan fingerprint density at radius 1 is 1.00 bits per heavy atom. The monoisotopic (exact) mass is 346 g/mol. The fourth-order valence-corrected chi connectivity index (χ4v) is 2.91. The van der Waals surface area contributed by atoms with E-state index < -0.39 is 0 Å². The highest BCUT2D eigenvalue weighted by Crippen LogP contribution is 2.32. The van der Waals surface area contributed by atoms with Crippen molar-refractivity contribution in [3.63, 3.8) is 0 Å². The van der Waals surface area contributed by atoms with Crippen LogP contribution in [-0.2, 0) is 6.54 Å². The van der Waals surface area contributed by atoms with Crippen LogP contribution in [0.5, 0.6) is 11.5 Å². The van der Waals surface area contributed by atoms with Crippen molar-refractivity contribution in [2.75, 3.05) is 12.1 Å². The van der Waals surface area contributed by atoms with Gasteiger partial charge in [-0.2, -0.15) is 5.10 Å². The Kier molecular flexibility index (Phi) is 3.38. The Bertz CT molecular complexity index is 1080. The van der Waals surface area contributed by atoms with E-state index in [-0.39, 0.29) is 6.79 Å². The predicted octanol–water partition coefficient (Wildman–Crippen LogP) is 2.55. The van der Waals surface area contributed by atoms with Crippen LogP contribution in [0.4, 0.5) is 5.82 Å². The molecule has 0 fully saturated rings. The highest BCUT2D eigenvalue weighted by molar-refractivity contribution is 5.90. The molecule has 1 aliphatic rings. The first-order valence-electron chi connectivity index (χ1n) is 8.09. The lowest BCUT2D eigenvalue weighted by molar-refractivity contribution is 0.174. The topological polar surface area (TPSA) is 87.0 Å². The molecule has 8 heteroatoms. The molecule has 1 N–H and O–H groups in total. The number of nitrogens with one attached hydrogen (secondary N) is 1. The number of fused-ring (bicyclic) bond motifs is 2. The van der Waals surface area contributed by atoms with Crippen LogP contribution in [0.3, 0.4) is 0 Å². The quantitative estimate of drug-likeness (QED) is 0.607. The summed E-state index contributed by atoms with van der Waals surface area (Å²) in [5, 5.41) is 8.46. The third-order valence-electron chi connectivity index (χ3n) is 4.20. The van der Waals surface area contributed by atoms with Crippen molar-refractivity contribution in [1.29, 1.82) is 0 Å². The van der Waals surface area contributed by atoms with Crippen LogP contribution in [0.15, 0.2) is 55.4 Å². The van der Waals surface area contributed by atoms with Crippen LogP contribution in [0, 0.1) is 0 Å². The van der Waals surface area contributed by atoms with Crippen molar-refractivity contribution >= 4 is 16.7 Å². The van der Waals surface area contributed by atoms with Crippen LogP contribution in [0.2, 0.25) is 0 Å². The number of nitrogens with zero attached hydrogens (tertiary/aromatic N) is 5. The summed E-state index contributed by atoms with van der Waals surface area (Å²) >= 11 is 0. The molecule has 0 aliphatic carbocycles. The highest BCUT2D eigenvalue weighted by Gasteiger charge is 2.13. The number of anilines is 1. The highest BCUT2D eigenvalue weighted by atomic mass is 16.7. The first-order chi connectivity index (χ1) is 12.9. The van der Waals surface area contributed by atoms with Gasteiger partial charge in [0, 0.05) is 11.9 Å². The van der Waals surface area contributed by atoms with E-state index in [0.29, 0.717) is 6.54 Å². The summed E-state index contributed by atoms with van der Waals surface area (Å²) in [6.45, 7) is 0.879. The second-order valence-corrected chi connectivity index (χ2v) is 5.80. The van der Waals surface area contributed by atoms with Crippen LogP contribution < -0.4 is 14.8 Å². The zero-order valence-corrected chi connectivity index (χ0v) is 13.7. The Morgan fingerprint density at radius 3 is 2.88 bits per heavy atom. The Balaban J connectivity index is 1.45. The summed E-state index contributed by atoms with van der Waals surface area (Å²) in [7, 11) is 0. The van der Waals surface area contributed by atoms with Gasteiger partial charge in [0.15, 0.2) is 11.5 Å². The molecule has 0 saturated carbocycles. The SMILES string of the molecule is c1nc(NCc2ccc3c(c2)OCO3)c2cc(-n3cncn3)ccc2n1. The van der Waals surface area contributed by atoms with E-state index in [1.54, 1.807) is 17.3 Å². The standard InChI is InChI=1S/C18H14N6O2/c1-4-16-17(26-11-25-16)5-12(1)7-20-18-14-6-13(24-10-19-8-23-24)2-3-15(14)21-9-22-18/h1-6,8-10H,7,11H2,(H,20,21,22). The lowest BCUT2D eigenvalue weighted by Gasteiger charge is -2.10. The fraction of sp³-hybridized carbons (Fsp3) is 0.111. The van der Waals surface area contributed by atoms with Crippen molar-refractivity contribution in [2.24, 2.45) is 0 Å². The number of hydrogen-bond acceptors (Lipinski definition) is 7. The molecule has 26 heavy (non-hydrogen) atoms. The largest absolute Gasteiger partial charge is 0.454 e. The molecule has 0 saturated heterocycles. The van der Waals surface area contributed by atoms with Crippen LogP contribution in [-0.4, -0.2) is 31.5 Å². The van der Waals surface area contributed by atoms with E-state index in [1.165, 1.54) is 6.33 Å². The van der Waals surface area contributed by atoms with Gasteiger partial charge < -0.3 is 14.8 Å². The molecule has 3 heterocycles. The average molecular weight is 346 g/mol. The van der Waals surface area contributed by atoms with E-state index in [0.717, 1.165) is 39.5 Å². The maximum atomic E-state index is 5.43. The number of hydrogen-bond donors (Lipinski definition) is 1. The number of rotatable bonds is 4. The summed E-state index contributed by atoms with van der Waals surface area (Å²) in [6, 6.07) is 11.8. The minimum Gasteiger partial charge on any atom is -0.454 e. The molecule has 128 valence electrons. The molecule has 0 bridgehead atoms. The predicted molar refractivity (Wildman–Crippen MR) is 94.3 cm³/mol. The van der Waals surface area contributed by atoms with Gasteiger partial charge in [0.05, 0.1) is 11.2 Å². The van der Waals surface area contributed by atoms with Crippen molar-refractivity contribution in [2.45, 2.75) is 6.54 Å². The van der Waals surface area contributed by atoms with Crippen LogP contribution in [0.25, 0.3) is 16.6 Å². The molecule has 0 amide bonds. The molecule has 0 unspecified atom stereocenters. The van der Waals surface area contributed by atoms with Gasteiger partial charge in [-0.3, -0.25) is 0 Å².